The topological polar surface area (TPSA) is 58.9 Å². The molecule has 120 valence electrons. The van der Waals surface area contributed by atoms with Crippen LogP contribution in [-0.2, 0) is 0 Å². The van der Waals surface area contributed by atoms with Gasteiger partial charge in [0.15, 0.2) is 5.65 Å². The van der Waals surface area contributed by atoms with E-state index in [1.54, 1.807) is 0 Å². The molecule has 1 aromatic carbocycles. The minimum Gasteiger partial charge on any atom is -0.286 e. The SMILES string of the molecule is CC(C)c1nnc2ccc(-c3c[nH]nc3-c3ccc(Cl)cc3)cn12. The minimum atomic E-state index is 0.301. The van der Waals surface area contributed by atoms with Gasteiger partial charge >= 0.3 is 0 Å². The van der Waals surface area contributed by atoms with E-state index in [1.807, 2.05) is 47.0 Å². The molecule has 0 aliphatic heterocycles. The molecule has 6 heteroatoms. The Morgan fingerprint density at radius 1 is 1.00 bits per heavy atom. The number of aromatic amines is 1. The lowest BCUT2D eigenvalue weighted by atomic mass is 10.0. The first-order valence-electron chi connectivity index (χ1n) is 7.78. The molecule has 0 saturated carbocycles. The molecule has 0 spiro atoms. The molecule has 24 heavy (non-hydrogen) atoms. The fourth-order valence-electron chi connectivity index (χ4n) is 2.80. The van der Waals surface area contributed by atoms with Crippen molar-refractivity contribution in [1.82, 2.24) is 24.8 Å². The van der Waals surface area contributed by atoms with Crippen LogP contribution in [0.3, 0.4) is 0 Å². The Morgan fingerprint density at radius 3 is 2.50 bits per heavy atom. The predicted octanol–water partition coefficient (Wildman–Crippen LogP) is 4.56. The maximum absolute atomic E-state index is 5.98. The molecule has 0 bridgehead atoms. The number of nitrogens with one attached hydrogen (secondary N) is 1. The van der Waals surface area contributed by atoms with E-state index in [0.29, 0.717) is 10.9 Å². The van der Waals surface area contributed by atoms with Crippen LogP contribution in [0.2, 0.25) is 5.02 Å². The fourth-order valence-corrected chi connectivity index (χ4v) is 2.93. The van der Waals surface area contributed by atoms with Crippen LogP contribution in [0.4, 0.5) is 0 Å². The quantitative estimate of drug-likeness (QED) is 0.596. The van der Waals surface area contributed by atoms with Crippen molar-refractivity contribution in [3.63, 3.8) is 0 Å². The molecule has 0 unspecified atom stereocenters. The first kappa shape index (κ1) is 14.9. The monoisotopic (exact) mass is 337 g/mol. The number of benzene rings is 1. The Bertz CT molecular complexity index is 998. The van der Waals surface area contributed by atoms with Crippen LogP contribution in [-0.4, -0.2) is 24.8 Å². The number of rotatable bonds is 3. The first-order chi connectivity index (χ1) is 11.6. The van der Waals surface area contributed by atoms with Gasteiger partial charge in [0.25, 0.3) is 0 Å². The van der Waals surface area contributed by atoms with E-state index in [1.165, 1.54) is 0 Å². The molecule has 3 heterocycles. The number of pyridine rings is 1. The number of halogens is 1. The lowest BCUT2D eigenvalue weighted by Gasteiger charge is -2.06. The zero-order valence-electron chi connectivity index (χ0n) is 13.4. The highest BCUT2D eigenvalue weighted by molar-refractivity contribution is 6.30. The lowest BCUT2D eigenvalue weighted by Crippen LogP contribution is -1.97. The molecule has 0 radical (unpaired) electrons. The van der Waals surface area contributed by atoms with Crippen LogP contribution in [0.5, 0.6) is 0 Å². The van der Waals surface area contributed by atoms with Crippen molar-refractivity contribution in [3.8, 4) is 22.4 Å². The Balaban J connectivity index is 1.85. The summed E-state index contributed by atoms with van der Waals surface area (Å²) in [7, 11) is 0. The van der Waals surface area contributed by atoms with Crippen LogP contribution in [0.15, 0.2) is 48.8 Å². The van der Waals surface area contributed by atoms with Crippen molar-refractivity contribution in [2.24, 2.45) is 0 Å². The van der Waals surface area contributed by atoms with Gasteiger partial charge in [-0.25, -0.2) is 0 Å². The van der Waals surface area contributed by atoms with Crippen LogP contribution >= 0.6 is 11.6 Å². The van der Waals surface area contributed by atoms with Crippen molar-refractivity contribution < 1.29 is 0 Å². The second-order valence-corrected chi connectivity index (χ2v) is 6.45. The van der Waals surface area contributed by atoms with Crippen molar-refractivity contribution in [3.05, 3.63) is 59.6 Å². The number of fused-ring (bicyclic) bond motifs is 1. The van der Waals surface area contributed by atoms with E-state index in [0.717, 1.165) is 33.9 Å². The second-order valence-electron chi connectivity index (χ2n) is 6.01. The molecular formula is C18H16ClN5. The molecular weight excluding hydrogens is 322 g/mol. The highest BCUT2D eigenvalue weighted by Crippen LogP contribution is 2.31. The molecule has 0 saturated heterocycles. The van der Waals surface area contributed by atoms with Gasteiger partial charge < -0.3 is 0 Å². The van der Waals surface area contributed by atoms with Crippen LogP contribution in [0, 0.1) is 0 Å². The van der Waals surface area contributed by atoms with Gasteiger partial charge in [-0.05, 0) is 24.3 Å². The summed E-state index contributed by atoms with van der Waals surface area (Å²) in [5, 5.41) is 16.6. The normalized spacial score (nSPS) is 11.5. The third-order valence-corrected chi connectivity index (χ3v) is 4.27. The van der Waals surface area contributed by atoms with Gasteiger partial charge in [-0.2, -0.15) is 5.10 Å². The maximum Gasteiger partial charge on any atom is 0.160 e. The summed E-state index contributed by atoms with van der Waals surface area (Å²) in [5.74, 6) is 1.25. The molecule has 0 fully saturated rings. The minimum absolute atomic E-state index is 0.301. The molecule has 0 aliphatic carbocycles. The van der Waals surface area contributed by atoms with Gasteiger partial charge in [0.05, 0.1) is 5.69 Å². The number of hydrogen-bond acceptors (Lipinski definition) is 3. The Morgan fingerprint density at radius 2 is 1.75 bits per heavy atom. The smallest absolute Gasteiger partial charge is 0.160 e. The van der Waals surface area contributed by atoms with Gasteiger partial charge in [-0.1, -0.05) is 37.6 Å². The molecule has 4 aromatic rings. The van der Waals surface area contributed by atoms with Gasteiger partial charge in [-0.3, -0.25) is 9.50 Å². The summed E-state index contributed by atoms with van der Waals surface area (Å²) in [6.45, 7) is 4.22. The van der Waals surface area contributed by atoms with Gasteiger partial charge in [-0.15, -0.1) is 10.2 Å². The molecule has 0 amide bonds. The number of nitrogens with zero attached hydrogens (tertiary/aromatic N) is 4. The van der Waals surface area contributed by atoms with Crippen molar-refractivity contribution in [2.45, 2.75) is 19.8 Å². The zero-order valence-corrected chi connectivity index (χ0v) is 14.1. The standard InChI is InChI=1S/C18H16ClN5/c1-11(2)18-23-21-16-8-5-13(10-24(16)18)15-9-20-22-17(15)12-3-6-14(19)7-4-12/h3-11H,1-2H3,(H,20,22). The second kappa shape index (κ2) is 5.76. The van der Waals surface area contributed by atoms with Gasteiger partial charge in [0.1, 0.15) is 5.82 Å². The van der Waals surface area contributed by atoms with Gasteiger partial charge in [0.2, 0.25) is 0 Å². The predicted molar refractivity (Wildman–Crippen MR) is 95.1 cm³/mol. The van der Waals surface area contributed by atoms with Crippen LogP contribution in [0.1, 0.15) is 25.6 Å². The number of H-pyrrole nitrogens is 1. The molecule has 1 N–H and O–H groups in total. The highest BCUT2D eigenvalue weighted by Gasteiger charge is 2.14. The van der Waals surface area contributed by atoms with Crippen LogP contribution in [0.25, 0.3) is 28.0 Å². The van der Waals surface area contributed by atoms with E-state index < -0.39 is 0 Å². The number of aromatic nitrogens is 5. The van der Waals surface area contributed by atoms with E-state index >= 15 is 0 Å². The summed E-state index contributed by atoms with van der Waals surface area (Å²) in [5.41, 5.74) is 4.85. The summed E-state index contributed by atoms with van der Waals surface area (Å²) >= 11 is 5.98. The first-order valence-corrected chi connectivity index (χ1v) is 8.16. The van der Waals surface area contributed by atoms with E-state index in [4.69, 9.17) is 11.6 Å². The summed E-state index contributed by atoms with van der Waals surface area (Å²) in [6.07, 6.45) is 3.97. The molecule has 5 nitrogen and oxygen atoms in total. The fraction of sp³-hybridized carbons (Fsp3) is 0.167. The zero-order chi connectivity index (χ0) is 16.7. The molecule has 4 rings (SSSR count). The Labute approximate surface area is 144 Å². The average Bonchev–Trinajstić information content (AvgIpc) is 3.21. The summed E-state index contributed by atoms with van der Waals surface area (Å²) in [6, 6.07) is 11.7. The third kappa shape index (κ3) is 2.47. The largest absolute Gasteiger partial charge is 0.286 e. The summed E-state index contributed by atoms with van der Waals surface area (Å²) in [4.78, 5) is 0. The van der Waals surface area contributed by atoms with E-state index in [2.05, 4.69) is 40.4 Å². The third-order valence-electron chi connectivity index (χ3n) is 4.01. The molecule has 3 aromatic heterocycles. The van der Waals surface area contributed by atoms with E-state index in [-0.39, 0.29) is 0 Å². The summed E-state index contributed by atoms with van der Waals surface area (Å²) < 4.78 is 2.04. The molecule has 0 atom stereocenters. The highest BCUT2D eigenvalue weighted by atomic mass is 35.5. The Hall–Kier alpha value is -2.66. The number of hydrogen-bond donors (Lipinski definition) is 1. The molecule has 0 aliphatic rings. The van der Waals surface area contributed by atoms with E-state index in [9.17, 15) is 0 Å². The van der Waals surface area contributed by atoms with Gasteiger partial charge in [0, 0.05) is 40.0 Å². The van der Waals surface area contributed by atoms with Crippen molar-refractivity contribution in [2.75, 3.05) is 0 Å². The van der Waals surface area contributed by atoms with Crippen molar-refractivity contribution in [1.29, 1.82) is 0 Å². The lowest BCUT2D eigenvalue weighted by molar-refractivity contribution is 0.759. The van der Waals surface area contributed by atoms with Crippen molar-refractivity contribution >= 4 is 17.2 Å². The average molecular weight is 338 g/mol. The van der Waals surface area contributed by atoms with Crippen LogP contribution < -0.4 is 0 Å². The maximum atomic E-state index is 5.98. The Kier molecular flexibility index (Phi) is 3.58.